The molecule has 0 aliphatic heterocycles. The normalized spacial score (nSPS) is 10.6. The Bertz CT molecular complexity index is 533. The van der Waals surface area contributed by atoms with Gasteiger partial charge < -0.3 is 14.5 Å². The van der Waals surface area contributed by atoms with E-state index in [0.29, 0.717) is 11.4 Å². The predicted octanol–water partition coefficient (Wildman–Crippen LogP) is 1.66. The van der Waals surface area contributed by atoms with E-state index in [1.165, 1.54) is 0 Å². The van der Waals surface area contributed by atoms with Crippen molar-refractivity contribution in [2.75, 3.05) is 18.5 Å². The molecule has 5 nitrogen and oxygen atoms in total. The highest BCUT2D eigenvalue weighted by Crippen LogP contribution is 2.25. The molecule has 0 atom stereocenters. The van der Waals surface area contributed by atoms with Crippen molar-refractivity contribution < 1.29 is 14.4 Å². The van der Waals surface area contributed by atoms with Crippen molar-refractivity contribution in [2.45, 2.75) is 6.92 Å². The molecule has 5 heteroatoms. The summed E-state index contributed by atoms with van der Waals surface area (Å²) in [6, 6.07) is 5.68. The molecule has 84 valence electrons. The zero-order valence-corrected chi connectivity index (χ0v) is 9.10. The Balaban J connectivity index is 2.44. The van der Waals surface area contributed by atoms with Gasteiger partial charge in [-0.05, 0) is 19.1 Å². The summed E-state index contributed by atoms with van der Waals surface area (Å²) in [6.45, 7) is 1.86. The minimum absolute atomic E-state index is 0.102. The van der Waals surface area contributed by atoms with E-state index in [1.807, 2.05) is 25.1 Å². The van der Waals surface area contributed by atoms with Crippen molar-refractivity contribution in [3.63, 3.8) is 0 Å². The average Bonchev–Trinajstić information content (AvgIpc) is 2.59. The van der Waals surface area contributed by atoms with Crippen LogP contribution < -0.4 is 4.90 Å². The highest BCUT2D eigenvalue weighted by atomic mass is 16.5. The number of rotatable bonds is 3. The van der Waals surface area contributed by atoms with Crippen LogP contribution in [0.25, 0.3) is 11.0 Å². The molecule has 0 amide bonds. The number of aromatic nitrogens is 1. The number of aryl methyl sites for hydroxylation is 1. The largest absolute Gasteiger partial charge is 0.480 e. The highest BCUT2D eigenvalue weighted by molar-refractivity contribution is 5.90. The molecule has 2 aromatic rings. The van der Waals surface area contributed by atoms with Gasteiger partial charge in [0.15, 0.2) is 11.4 Å². The van der Waals surface area contributed by atoms with Crippen molar-refractivity contribution in [3.05, 3.63) is 23.8 Å². The minimum atomic E-state index is -0.897. The summed E-state index contributed by atoms with van der Waals surface area (Å²) in [5.74, 6) is -0.340. The van der Waals surface area contributed by atoms with Crippen LogP contribution in [0.1, 0.15) is 5.56 Å². The predicted molar refractivity (Wildman–Crippen MR) is 59.7 cm³/mol. The maximum absolute atomic E-state index is 10.6. The van der Waals surface area contributed by atoms with Crippen molar-refractivity contribution in [2.24, 2.45) is 0 Å². The molecule has 0 radical (unpaired) electrons. The summed E-state index contributed by atoms with van der Waals surface area (Å²) in [5.41, 5.74) is 1.75. The van der Waals surface area contributed by atoms with Crippen LogP contribution in [0, 0.1) is 6.92 Å². The number of carboxylic acid groups (broad SMARTS) is 1. The third-order valence-corrected chi connectivity index (χ3v) is 2.34. The second-order valence-electron chi connectivity index (χ2n) is 3.76. The number of likely N-dealkylation sites (N-methyl/N-ethyl adjacent to an activating group) is 1. The van der Waals surface area contributed by atoms with Gasteiger partial charge >= 0.3 is 5.97 Å². The van der Waals surface area contributed by atoms with Crippen molar-refractivity contribution in [1.82, 2.24) is 5.16 Å². The molecule has 2 rings (SSSR count). The Morgan fingerprint density at radius 3 is 3.00 bits per heavy atom. The first-order valence-corrected chi connectivity index (χ1v) is 4.87. The van der Waals surface area contributed by atoms with Crippen LogP contribution in [0.2, 0.25) is 0 Å². The van der Waals surface area contributed by atoms with Gasteiger partial charge in [-0.15, -0.1) is 0 Å². The van der Waals surface area contributed by atoms with E-state index < -0.39 is 5.97 Å². The Labute approximate surface area is 92.3 Å². The van der Waals surface area contributed by atoms with Gasteiger partial charge in [0.25, 0.3) is 0 Å². The van der Waals surface area contributed by atoms with Crippen molar-refractivity contribution >= 4 is 22.8 Å². The molecule has 0 saturated heterocycles. The van der Waals surface area contributed by atoms with Crippen LogP contribution in [0.4, 0.5) is 5.82 Å². The number of benzene rings is 1. The molecule has 0 aliphatic carbocycles. The zero-order chi connectivity index (χ0) is 11.7. The molecule has 1 aromatic heterocycles. The van der Waals surface area contributed by atoms with Crippen LogP contribution in [0.15, 0.2) is 22.7 Å². The van der Waals surface area contributed by atoms with Gasteiger partial charge in [-0.3, -0.25) is 4.79 Å². The molecule has 1 heterocycles. The molecular formula is C11H12N2O3. The first-order valence-electron chi connectivity index (χ1n) is 4.87. The Morgan fingerprint density at radius 2 is 2.31 bits per heavy atom. The second-order valence-corrected chi connectivity index (χ2v) is 3.76. The van der Waals surface area contributed by atoms with E-state index in [4.69, 9.17) is 9.63 Å². The maximum atomic E-state index is 10.6. The van der Waals surface area contributed by atoms with Crippen LogP contribution in [-0.4, -0.2) is 29.8 Å². The Morgan fingerprint density at radius 1 is 1.56 bits per heavy atom. The molecule has 0 fully saturated rings. The van der Waals surface area contributed by atoms with E-state index in [9.17, 15) is 4.79 Å². The fourth-order valence-electron chi connectivity index (χ4n) is 1.59. The van der Waals surface area contributed by atoms with Gasteiger partial charge in [-0.25, -0.2) is 0 Å². The number of hydrogen-bond donors (Lipinski definition) is 1. The quantitative estimate of drug-likeness (QED) is 0.852. The third-order valence-electron chi connectivity index (χ3n) is 2.34. The first-order chi connectivity index (χ1) is 7.58. The van der Waals surface area contributed by atoms with E-state index in [1.54, 1.807) is 11.9 Å². The molecule has 1 aromatic carbocycles. The van der Waals surface area contributed by atoms with Crippen molar-refractivity contribution in [3.8, 4) is 0 Å². The minimum Gasteiger partial charge on any atom is -0.480 e. The summed E-state index contributed by atoms with van der Waals surface area (Å²) < 4.78 is 5.12. The molecule has 0 bridgehead atoms. The summed E-state index contributed by atoms with van der Waals surface area (Å²) in [5, 5.41) is 13.4. The molecule has 0 saturated carbocycles. The lowest BCUT2D eigenvalue weighted by atomic mass is 10.2. The van der Waals surface area contributed by atoms with E-state index in [0.717, 1.165) is 10.9 Å². The topological polar surface area (TPSA) is 66.6 Å². The molecule has 0 unspecified atom stereocenters. The number of carboxylic acids is 1. The highest BCUT2D eigenvalue weighted by Gasteiger charge is 2.14. The first kappa shape index (κ1) is 10.5. The van der Waals surface area contributed by atoms with E-state index in [2.05, 4.69) is 5.16 Å². The van der Waals surface area contributed by atoms with Crippen LogP contribution in [0.3, 0.4) is 0 Å². The fourth-order valence-corrected chi connectivity index (χ4v) is 1.59. The second kappa shape index (κ2) is 3.84. The number of anilines is 1. The average molecular weight is 220 g/mol. The van der Waals surface area contributed by atoms with Crippen LogP contribution in [-0.2, 0) is 4.79 Å². The lowest BCUT2D eigenvalue weighted by molar-refractivity contribution is -0.135. The van der Waals surface area contributed by atoms with E-state index >= 15 is 0 Å². The standard InChI is InChI=1S/C11H12N2O3/c1-7-3-4-9-8(5-7)11(12-16-9)13(2)6-10(14)15/h3-5H,6H2,1-2H3,(H,14,15). The van der Waals surface area contributed by atoms with Gasteiger partial charge in [0.1, 0.15) is 6.54 Å². The zero-order valence-electron chi connectivity index (χ0n) is 9.10. The van der Waals surface area contributed by atoms with Gasteiger partial charge in [0.05, 0.1) is 5.39 Å². The summed E-state index contributed by atoms with van der Waals surface area (Å²) in [4.78, 5) is 12.2. The number of carbonyl (C=O) groups is 1. The SMILES string of the molecule is Cc1ccc2onc(N(C)CC(=O)O)c2c1. The smallest absolute Gasteiger partial charge is 0.323 e. The lowest BCUT2D eigenvalue weighted by Gasteiger charge is -2.12. The monoisotopic (exact) mass is 220 g/mol. The van der Waals surface area contributed by atoms with Crippen LogP contribution in [0.5, 0.6) is 0 Å². The Hall–Kier alpha value is -2.04. The van der Waals surface area contributed by atoms with Gasteiger partial charge in [-0.1, -0.05) is 16.8 Å². The fraction of sp³-hybridized carbons (Fsp3) is 0.273. The molecular weight excluding hydrogens is 208 g/mol. The van der Waals surface area contributed by atoms with Gasteiger partial charge in [-0.2, -0.15) is 0 Å². The van der Waals surface area contributed by atoms with Crippen molar-refractivity contribution in [1.29, 1.82) is 0 Å². The number of aliphatic carboxylic acids is 1. The number of hydrogen-bond acceptors (Lipinski definition) is 4. The molecule has 1 N–H and O–H groups in total. The van der Waals surface area contributed by atoms with Gasteiger partial charge in [0, 0.05) is 7.05 Å². The third kappa shape index (κ3) is 1.84. The number of fused-ring (bicyclic) bond motifs is 1. The van der Waals surface area contributed by atoms with Gasteiger partial charge in [0.2, 0.25) is 0 Å². The van der Waals surface area contributed by atoms with Crippen LogP contribution >= 0.6 is 0 Å². The molecule has 0 aliphatic rings. The number of nitrogens with zero attached hydrogens (tertiary/aromatic N) is 2. The summed E-state index contributed by atoms with van der Waals surface area (Å²) >= 11 is 0. The Kier molecular flexibility index (Phi) is 2.52. The molecule has 0 spiro atoms. The maximum Gasteiger partial charge on any atom is 0.323 e. The lowest BCUT2D eigenvalue weighted by Crippen LogP contribution is -2.25. The summed E-state index contributed by atoms with van der Waals surface area (Å²) in [7, 11) is 1.67. The summed E-state index contributed by atoms with van der Waals surface area (Å²) in [6.07, 6.45) is 0. The molecule has 16 heavy (non-hydrogen) atoms. The van der Waals surface area contributed by atoms with E-state index in [-0.39, 0.29) is 6.54 Å².